The summed E-state index contributed by atoms with van der Waals surface area (Å²) in [6.45, 7) is 8.70. The Hall–Kier alpha value is -3.07. The number of para-hydroxylation sites is 1. The average Bonchev–Trinajstić information content (AvgIpc) is 3.24. The molecule has 2 saturated heterocycles. The van der Waals surface area contributed by atoms with Crippen molar-refractivity contribution in [2.75, 3.05) is 24.6 Å². The van der Waals surface area contributed by atoms with E-state index in [1.165, 1.54) is 0 Å². The molecule has 2 fully saturated rings. The van der Waals surface area contributed by atoms with Gasteiger partial charge in [0, 0.05) is 24.4 Å². The van der Waals surface area contributed by atoms with E-state index in [-0.39, 0.29) is 36.8 Å². The van der Waals surface area contributed by atoms with E-state index < -0.39 is 33.4 Å². The van der Waals surface area contributed by atoms with Crippen LogP contribution in [0.1, 0.15) is 31.9 Å². The third kappa shape index (κ3) is 4.64. The van der Waals surface area contributed by atoms with Gasteiger partial charge in [-0.05, 0) is 37.0 Å². The predicted molar refractivity (Wildman–Crippen MR) is 171 cm³/mol. The van der Waals surface area contributed by atoms with E-state index in [1.807, 2.05) is 93.3 Å². The number of benzene rings is 2. The number of hydrogen-bond acceptors (Lipinski definition) is 5. The molecule has 0 bridgehead atoms. The van der Waals surface area contributed by atoms with Crippen LogP contribution < -0.4 is 4.90 Å². The lowest BCUT2D eigenvalue weighted by Gasteiger charge is -2.41. The van der Waals surface area contributed by atoms with Crippen molar-refractivity contribution in [1.29, 1.82) is 0 Å². The number of anilines is 1. The molecular formula is C34H38ClN3O4S. The highest BCUT2D eigenvalue weighted by atomic mass is 35.5. The summed E-state index contributed by atoms with van der Waals surface area (Å²) in [5.41, 5.74) is 2.48. The molecule has 0 radical (unpaired) electrons. The Kier molecular flexibility index (Phi) is 7.76. The van der Waals surface area contributed by atoms with Gasteiger partial charge in [0.2, 0.25) is 11.8 Å². The fourth-order valence-corrected chi connectivity index (χ4v) is 10.1. The number of carbonyl (C=O) groups excluding carboxylic acids is 3. The maximum absolute atomic E-state index is 14.9. The maximum Gasteiger partial charge on any atom is 0.251 e. The van der Waals surface area contributed by atoms with Crippen LogP contribution in [0.4, 0.5) is 5.69 Å². The first-order valence-corrected chi connectivity index (χ1v) is 16.1. The minimum Gasteiger partial charge on any atom is -0.394 e. The number of likely N-dealkylation sites (tertiary alicyclic amines) is 1. The number of thioether (sulfide) groups is 1. The standard InChI is InChI=1S/C34H38ClN3O4S/c1-21(2)25(20-39)38-29-32(42)37(28-22(3)11-8-14-24(28)35)18-10-16-34(29)27(31(38)41)26-30(40)36(17-9-15-33(26,4)43-34)19-23-12-6-5-7-13-23/h5-16,21,25-27,29,39H,17-20H2,1-4H3/t25-,26+,27-,29?,33-,34-/m0/s1. The summed E-state index contributed by atoms with van der Waals surface area (Å²) < 4.78 is -1.71. The molecule has 43 heavy (non-hydrogen) atoms. The molecular weight excluding hydrogens is 582 g/mol. The number of rotatable bonds is 6. The Bertz CT molecular complexity index is 1490. The van der Waals surface area contributed by atoms with Crippen LogP contribution in [-0.4, -0.2) is 73.9 Å². The molecule has 1 spiro atoms. The normalized spacial score (nSPS) is 30.8. The van der Waals surface area contributed by atoms with Gasteiger partial charge in [0.1, 0.15) is 6.04 Å². The number of hydrogen-bond donors (Lipinski definition) is 1. The zero-order chi connectivity index (χ0) is 30.7. The molecule has 1 N–H and O–H groups in total. The number of carbonyl (C=O) groups is 3. The summed E-state index contributed by atoms with van der Waals surface area (Å²) in [4.78, 5) is 49.3. The van der Waals surface area contributed by atoms with Gasteiger partial charge in [0.25, 0.3) is 5.91 Å². The van der Waals surface area contributed by atoms with Crippen LogP contribution in [0.2, 0.25) is 5.02 Å². The number of aliphatic hydroxyl groups is 1. The summed E-state index contributed by atoms with van der Waals surface area (Å²) >= 11 is 8.23. The van der Waals surface area contributed by atoms with Crippen molar-refractivity contribution in [3.8, 4) is 0 Å². The monoisotopic (exact) mass is 619 g/mol. The van der Waals surface area contributed by atoms with Gasteiger partial charge >= 0.3 is 0 Å². The Morgan fingerprint density at radius 3 is 2.35 bits per heavy atom. The molecule has 2 aromatic carbocycles. The smallest absolute Gasteiger partial charge is 0.251 e. The molecule has 1 unspecified atom stereocenters. The van der Waals surface area contributed by atoms with Crippen LogP contribution in [0.3, 0.4) is 0 Å². The van der Waals surface area contributed by atoms with Crippen molar-refractivity contribution < 1.29 is 19.5 Å². The largest absolute Gasteiger partial charge is 0.394 e. The van der Waals surface area contributed by atoms with Crippen LogP contribution in [0.25, 0.3) is 0 Å². The van der Waals surface area contributed by atoms with Crippen LogP contribution in [0.5, 0.6) is 0 Å². The molecule has 3 amide bonds. The highest BCUT2D eigenvalue weighted by molar-refractivity contribution is 8.02. The zero-order valence-electron chi connectivity index (χ0n) is 24.9. The van der Waals surface area contributed by atoms with Gasteiger partial charge in [-0.15, -0.1) is 11.8 Å². The van der Waals surface area contributed by atoms with Crippen LogP contribution >= 0.6 is 23.4 Å². The summed E-state index contributed by atoms with van der Waals surface area (Å²) in [6.07, 6.45) is 8.05. The highest BCUT2D eigenvalue weighted by Crippen LogP contribution is 2.66. The fourth-order valence-electron chi connectivity index (χ4n) is 7.60. The molecule has 4 aliphatic heterocycles. The topological polar surface area (TPSA) is 81.2 Å². The molecule has 7 nitrogen and oxygen atoms in total. The lowest BCUT2D eigenvalue weighted by molar-refractivity contribution is -0.146. The summed E-state index contributed by atoms with van der Waals surface area (Å²) in [5.74, 6) is -2.16. The molecule has 4 heterocycles. The molecule has 0 aliphatic carbocycles. The molecule has 2 aromatic rings. The zero-order valence-corrected chi connectivity index (χ0v) is 26.5. The lowest BCUT2D eigenvalue weighted by atomic mass is 9.74. The van der Waals surface area contributed by atoms with Gasteiger partial charge in [-0.25, -0.2) is 0 Å². The number of aliphatic hydroxyl groups excluding tert-OH is 1. The van der Waals surface area contributed by atoms with E-state index >= 15 is 0 Å². The van der Waals surface area contributed by atoms with E-state index in [1.54, 1.807) is 27.6 Å². The molecule has 6 atom stereocenters. The third-order valence-electron chi connectivity index (χ3n) is 9.57. The number of halogens is 1. The van der Waals surface area contributed by atoms with Crippen molar-refractivity contribution in [2.24, 2.45) is 17.8 Å². The number of amides is 3. The predicted octanol–water partition coefficient (Wildman–Crippen LogP) is 4.85. The number of fused-ring (bicyclic) bond motifs is 2. The fraction of sp³-hybridized carbons (Fsp3) is 0.441. The van der Waals surface area contributed by atoms with E-state index in [4.69, 9.17) is 11.6 Å². The number of nitrogens with zero attached hydrogens (tertiary/aromatic N) is 3. The molecule has 0 aromatic heterocycles. The van der Waals surface area contributed by atoms with Gasteiger partial charge in [-0.2, -0.15) is 0 Å². The second-order valence-corrected chi connectivity index (χ2v) is 14.8. The number of aryl methyl sites for hydroxylation is 1. The highest BCUT2D eigenvalue weighted by Gasteiger charge is 2.74. The summed E-state index contributed by atoms with van der Waals surface area (Å²) in [6, 6.07) is 13.9. The second kappa shape index (κ2) is 11.1. The summed E-state index contributed by atoms with van der Waals surface area (Å²) in [5, 5.41) is 11.0. The van der Waals surface area contributed by atoms with Crippen LogP contribution in [0, 0.1) is 24.7 Å². The second-order valence-electron chi connectivity index (χ2n) is 12.6. The first-order chi connectivity index (χ1) is 20.5. The Morgan fingerprint density at radius 1 is 0.953 bits per heavy atom. The minimum atomic E-state index is -1.00. The van der Waals surface area contributed by atoms with E-state index in [0.29, 0.717) is 23.8 Å². The van der Waals surface area contributed by atoms with Gasteiger partial charge < -0.3 is 19.8 Å². The third-order valence-corrected chi connectivity index (χ3v) is 11.7. The van der Waals surface area contributed by atoms with Crippen molar-refractivity contribution in [3.05, 3.63) is 89.0 Å². The Morgan fingerprint density at radius 2 is 1.67 bits per heavy atom. The quantitative estimate of drug-likeness (QED) is 0.468. The molecule has 9 heteroatoms. The van der Waals surface area contributed by atoms with Crippen LogP contribution in [0.15, 0.2) is 72.8 Å². The van der Waals surface area contributed by atoms with Crippen molar-refractivity contribution >= 4 is 46.8 Å². The van der Waals surface area contributed by atoms with Crippen LogP contribution in [-0.2, 0) is 20.9 Å². The van der Waals surface area contributed by atoms with Gasteiger partial charge in [0.15, 0.2) is 0 Å². The summed E-state index contributed by atoms with van der Waals surface area (Å²) in [7, 11) is 0. The Balaban J connectivity index is 1.49. The molecule has 4 aliphatic rings. The Labute approximate surface area is 262 Å². The van der Waals surface area contributed by atoms with Crippen molar-refractivity contribution in [3.63, 3.8) is 0 Å². The van der Waals surface area contributed by atoms with Gasteiger partial charge in [-0.1, -0.05) is 92.2 Å². The molecule has 6 rings (SSSR count). The average molecular weight is 620 g/mol. The molecule has 0 saturated carbocycles. The van der Waals surface area contributed by atoms with Gasteiger partial charge in [-0.3, -0.25) is 14.4 Å². The minimum absolute atomic E-state index is 0.0892. The first kappa shape index (κ1) is 30.0. The lowest BCUT2D eigenvalue weighted by Crippen LogP contribution is -2.58. The van der Waals surface area contributed by atoms with E-state index in [9.17, 15) is 19.5 Å². The SMILES string of the molecule is Cc1cccc(Cl)c1N1CC=C[C@]23S[C@@]4(C)C=CCN(Cc5ccccc5)C(=O)[C@H]4[C@H]2C(=O)N([C@@H](CO)C(C)C)C3C1=O. The van der Waals surface area contributed by atoms with Crippen molar-refractivity contribution in [2.45, 2.75) is 55.8 Å². The molecule has 226 valence electrons. The van der Waals surface area contributed by atoms with Gasteiger partial charge in [0.05, 0.1) is 39.9 Å². The maximum atomic E-state index is 14.9. The van der Waals surface area contributed by atoms with E-state index in [2.05, 4.69) is 6.08 Å². The van der Waals surface area contributed by atoms with E-state index in [0.717, 1.165) is 11.1 Å². The first-order valence-electron chi connectivity index (χ1n) is 14.9. The van der Waals surface area contributed by atoms with Crippen molar-refractivity contribution in [1.82, 2.24) is 9.80 Å².